The molecule has 17 heteroatoms. The number of halogens is 3. The van der Waals surface area contributed by atoms with Crippen LogP contribution < -0.4 is 24.9 Å². The van der Waals surface area contributed by atoms with Crippen LogP contribution in [0.25, 0.3) is 5.57 Å². The van der Waals surface area contributed by atoms with Gasteiger partial charge < -0.3 is 14.6 Å². The van der Waals surface area contributed by atoms with Crippen molar-refractivity contribution in [3.8, 4) is 11.6 Å². The van der Waals surface area contributed by atoms with Gasteiger partial charge in [0.2, 0.25) is 5.88 Å². The quantitative estimate of drug-likeness (QED) is 0.384. The van der Waals surface area contributed by atoms with E-state index in [4.69, 9.17) is 9.47 Å². The highest BCUT2D eigenvalue weighted by Crippen LogP contribution is 2.39. The zero-order valence-electron chi connectivity index (χ0n) is 25.8. The van der Waals surface area contributed by atoms with Gasteiger partial charge in [-0.15, -0.1) is 0 Å². The van der Waals surface area contributed by atoms with Gasteiger partial charge in [-0.2, -0.15) is 36.1 Å². The fraction of sp³-hybridized carbons (Fsp3) is 0.400. The molecule has 1 saturated heterocycles. The van der Waals surface area contributed by atoms with Crippen molar-refractivity contribution in [2.75, 3.05) is 20.2 Å². The number of ether oxygens (including phenoxy) is 2. The van der Waals surface area contributed by atoms with Crippen LogP contribution in [-0.4, -0.2) is 60.5 Å². The molecule has 0 bridgehead atoms. The third kappa shape index (κ3) is 7.52. The SMILES string of the molecule is COc1ccc(CC(c2sc(=O)n(C3CCN(S(=O)(=O)NC(=O)OC(C)(C)C)CC3)c2O)=c2ccc3c(c2)C=NN=3)c(C(F)(F)F)c1. The van der Waals surface area contributed by atoms with Gasteiger partial charge in [-0.1, -0.05) is 23.5 Å². The summed E-state index contributed by atoms with van der Waals surface area (Å²) in [6, 6.07) is 7.93. The number of aromatic hydroxyl groups is 1. The second-order valence-electron chi connectivity index (χ2n) is 11.9. The Morgan fingerprint density at radius 2 is 1.83 bits per heavy atom. The van der Waals surface area contributed by atoms with E-state index in [0.717, 1.165) is 14.9 Å². The lowest BCUT2D eigenvalue weighted by molar-refractivity contribution is -0.138. The zero-order valence-corrected chi connectivity index (χ0v) is 27.4. The van der Waals surface area contributed by atoms with E-state index >= 15 is 0 Å². The molecular weight excluding hydrogens is 663 g/mol. The van der Waals surface area contributed by atoms with Crippen molar-refractivity contribution >= 4 is 39.4 Å². The van der Waals surface area contributed by atoms with E-state index in [1.54, 1.807) is 39.0 Å². The summed E-state index contributed by atoms with van der Waals surface area (Å²) in [5.74, 6) is -0.421. The number of carbonyl (C=O) groups is 1. The van der Waals surface area contributed by atoms with E-state index in [0.29, 0.717) is 27.5 Å². The molecule has 3 aromatic rings. The molecule has 1 aromatic heterocycles. The number of hydrogen-bond acceptors (Lipinski definition) is 10. The molecule has 0 atom stereocenters. The number of amides is 1. The number of methoxy groups -OCH3 is 1. The first kappa shape index (κ1) is 34.1. The molecule has 0 saturated carbocycles. The Morgan fingerprint density at radius 3 is 2.47 bits per heavy atom. The molecule has 5 rings (SSSR count). The van der Waals surface area contributed by atoms with E-state index in [9.17, 15) is 36.3 Å². The maximum absolute atomic E-state index is 14.2. The van der Waals surface area contributed by atoms with Gasteiger partial charge in [0, 0.05) is 31.1 Å². The van der Waals surface area contributed by atoms with Gasteiger partial charge in [0.25, 0.3) is 0 Å². The predicted molar refractivity (Wildman–Crippen MR) is 167 cm³/mol. The number of nitrogens with one attached hydrogen (secondary N) is 1. The molecule has 0 radical (unpaired) electrons. The van der Waals surface area contributed by atoms with Crippen molar-refractivity contribution in [1.82, 2.24) is 13.6 Å². The highest BCUT2D eigenvalue weighted by atomic mass is 32.2. The molecule has 2 aromatic carbocycles. The summed E-state index contributed by atoms with van der Waals surface area (Å²) in [4.78, 5) is 25.0. The van der Waals surface area contributed by atoms with Gasteiger partial charge in [0.05, 0.1) is 29.1 Å². The molecule has 2 aliphatic heterocycles. The number of alkyl halides is 3. The summed E-state index contributed by atoms with van der Waals surface area (Å²) in [6.45, 7) is 4.62. The topological polar surface area (TPSA) is 152 Å². The highest BCUT2D eigenvalue weighted by Gasteiger charge is 2.36. The van der Waals surface area contributed by atoms with Crippen LogP contribution in [0.15, 0.2) is 51.4 Å². The Balaban J connectivity index is 1.49. The van der Waals surface area contributed by atoms with Crippen molar-refractivity contribution in [3.05, 3.63) is 78.2 Å². The van der Waals surface area contributed by atoms with Crippen LogP contribution in [0.1, 0.15) is 61.2 Å². The molecular formula is C30H32F3N5O7S2. The molecule has 1 fully saturated rings. The van der Waals surface area contributed by atoms with Crippen LogP contribution in [0, 0.1) is 0 Å². The summed E-state index contributed by atoms with van der Waals surface area (Å²) in [6.07, 6.45) is -4.42. The van der Waals surface area contributed by atoms with Crippen molar-refractivity contribution < 1.29 is 41.0 Å². The lowest BCUT2D eigenvalue weighted by Crippen LogP contribution is -2.48. The minimum Gasteiger partial charge on any atom is -0.497 e. The Morgan fingerprint density at radius 1 is 1.13 bits per heavy atom. The van der Waals surface area contributed by atoms with E-state index in [-0.39, 0.29) is 54.1 Å². The lowest BCUT2D eigenvalue weighted by Gasteiger charge is -2.31. The van der Waals surface area contributed by atoms with Gasteiger partial charge in [-0.25, -0.2) is 9.52 Å². The molecule has 0 unspecified atom stereocenters. The largest absolute Gasteiger partial charge is 0.497 e. The van der Waals surface area contributed by atoms with E-state index in [1.807, 2.05) is 4.72 Å². The Kier molecular flexibility index (Phi) is 9.27. The zero-order chi connectivity index (χ0) is 34.3. The number of aromatic nitrogens is 1. The first-order chi connectivity index (χ1) is 22.0. The first-order valence-corrected chi connectivity index (χ1v) is 16.7. The van der Waals surface area contributed by atoms with Gasteiger partial charge in [0.1, 0.15) is 11.4 Å². The lowest BCUT2D eigenvalue weighted by atomic mass is 9.96. The van der Waals surface area contributed by atoms with Crippen LogP contribution in [0.5, 0.6) is 11.6 Å². The second-order valence-corrected chi connectivity index (χ2v) is 14.6. The third-order valence-corrected chi connectivity index (χ3v) is 10.0. The number of carbonyl (C=O) groups excluding carboxylic acids is 1. The minimum atomic E-state index is -4.72. The average molecular weight is 696 g/mol. The maximum Gasteiger partial charge on any atom is 0.422 e. The maximum atomic E-state index is 14.2. The molecule has 3 heterocycles. The van der Waals surface area contributed by atoms with Crippen LogP contribution >= 0.6 is 11.3 Å². The molecule has 12 nitrogen and oxygen atoms in total. The van der Waals surface area contributed by atoms with E-state index in [1.165, 1.54) is 25.5 Å². The average Bonchev–Trinajstić information content (AvgIpc) is 3.57. The molecule has 252 valence electrons. The predicted octanol–water partition coefficient (Wildman–Crippen LogP) is 3.46. The standard InChI is InChI=1S/C30H32F3N5O7S2/c1-29(2,3)45-27(40)36-47(42,43)37-11-9-20(10-12-37)38-26(39)25(46-28(38)41)22(17-6-8-24-19(13-17)16-34-35-24)14-18-5-7-21(44-4)15-23(18)30(31,32)33/h5-8,13,15-16,20,39H,9-12,14H2,1-4H3,(H,36,40). The Bertz CT molecular complexity index is 2030. The van der Waals surface area contributed by atoms with Crippen LogP contribution in [-0.2, 0) is 27.5 Å². The number of benzene rings is 2. The van der Waals surface area contributed by atoms with Gasteiger partial charge in [-0.3, -0.25) is 9.36 Å². The Labute approximate surface area is 271 Å². The van der Waals surface area contributed by atoms with Crippen LogP contribution in [0.3, 0.4) is 0 Å². The smallest absolute Gasteiger partial charge is 0.422 e. The number of rotatable bonds is 7. The summed E-state index contributed by atoms with van der Waals surface area (Å²) in [7, 11) is -2.98. The number of piperidine rings is 1. The molecule has 47 heavy (non-hydrogen) atoms. The van der Waals surface area contributed by atoms with E-state index < -0.39 is 50.4 Å². The van der Waals surface area contributed by atoms with Crippen molar-refractivity contribution in [2.24, 2.45) is 10.2 Å². The summed E-state index contributed by atoms with van der Waals surface area (Å²) < 4.78 is 82.2. The van der Waals surface area contributed by atoms with Crippen molar-refractivity contribution in [2.45, 2.75) is 57.9 Å². The van der Waals surface area contributed by atoms with E-state index in [2.05, 4.69) is 10.2 Å². The third-order valence-electron chi connectivity index (χ3n) is 7.56. The second kappa shape index (κ2) is 12.8. The molecule has 0 spiro atoms. The summed E-state index contributed by atoms with van der Waals surface area (Å²) in [5.41, 5.74) is -1.06. The van der Waals surface area contributed by atoms with Crippen LogP contribution in [0.4, 0.5) is 18.0 Å². The van der Waals surface area contributed by atoms with Gasteiger partial charge >= 0.3 is 27.4 Å². The van der Waals surface area contributed by atoms with Crippen molar-refractivity contribution in [1.29, 1.82) is 0 Å². The van der Waals surface area contributed by atoms with Gasteiger partial charge in [-0.05, 0) is 74.2 Å². The summed E-state index contributed by atoms with van der Waals surface area (Å²) in [5, 5.41) is 20.4. The van der Waals surface area contributed by atoms with Crippen molar-refractivity contribution in [3.63, 3.8) is 0 Å². The summed E-state index contributed by atoms with van der Waals surface area (Å²) >= 11 is 0.683. The van der Waals surface area contributed by atoms with Gasteiger partial charge in [0.15, 0.2) is 0 Å². The molecule has 2 N–H and O–H groups in total. The van der Waals surface area contributed by atoms with Crippen LogP contribution in [0.2, 0.25) is 0 Å². The number of thiazole rings is 1. The number of hydrogen-bond donors (Lipinski definition) is 2. The Hall–Kier alpha value is -4.22. The number of fused-ring (bicyclic) bond motifs is 1. The number of nitrogens with zero attached hydrogens (tertiary/aromatic N) is 4. The molecule has 0 aliphatic carbocycles. The molecule has 2 aliphatic rings. The fourth-order valence-electron chi connectivity index (χ4n) is 5.40. The monoisotopic (exact) mass is 695 g/mol. The normalized spacial score (nSPS) is 16.4. The molecule has 1 amide bonds. The highest BCUT2D eigenvalue weighted by molar-refractivity contribution is 7.87. The fourth-order valence-corrected chi connectivity index (χ4v) is 7.48. The first-order valence-electron chi connectivity index (χ1n) is 14.4. The minimum absolute atomic E-state index is 0.0197.